The summed E-state index contributed by atoms with van der Waals surface area (Å²) in [5.41, 5.74) is 0.538. The van der Waals surface area contributed by atoms with Crippen LogP contribution in [0.25, 0.3) is 0 Å². The number of rotatable bonds is 2. The minimum absolute atomic E-state index is 0.217. The van der Waals surface area contributed by atoms with Crippen LogP contribution in [0.5, 0.6) is 5.75 Å². The molecular formula is C12H14N2O3. The monoisotopic (exact) mass is 234 g/mol. The summed E-state index contributed by atoms with van der Waals surface area (Å²) in [5, 5.41) is 0. The quantitative estimate of drug-likeness (QED) is 0.728. The molecule has 1 aromatic carbocycles. The molecule has 0 radical (unpaired) electrons. The van der Waals surface area contributed by atoms with E-state index >= 15 is 0 Å². The second kappa shape index (κ2) is 4.08. The fraction of sp³-hybridized carbons (Fsp3) is 0.333. The molecule has 0 bridgehead atoms. The molecule has 1 fully saturated rings. The summed E-state index contributed by atoms with van der Waals surface area (Å²) < 4.78 is 5.08. The molecule has 90 valence electrons. The Kier molecular flexibility index (Phi) is 2.75. The van der Waals surface area contributed by atoms with Crippen LogP contribution in [0.3, 0.4) is 0 Å². The molecule has 1 heterocycles. The summed E-state index contributed by atoms with van der Waals surface area (Å²) in [6.45, 7) is 1.71. The van der Waals surface area contributed by atoms with Crippen LogP contribution in [-0.4, -0.2) is 37.0 Å². The van der Waals surface area contributed by atoms with Gasteiger partial charge in [0.25, 0.3) is 5.91 Å². The van der Waals surface area contributed by atoms with E-state index < -0.39 is 6.04 Å². The summed E-state index contributed by atoms with van der Waals surface area (Å²) in [7, 11) is 3.16. The average Bonchev–Trinajstić information content (AvgIpc) is 2.54. The highest BCUT2D eigenvalue weighted by Crippen LogP contribution is 2.26. The molecule has 0 saturated carbocycles. The van der Waals surface area contributed by atoms with Gasteiger partial charge in [-0.25, -0.2) is 9.69 Å². The number of urea groups is 1. The van der Waals surface area contributed by atoms with Crippen LogP contribution in [-0.2, 0) is 4.79 Å². The lowest BCUT2D eigenvalue weighted by Crippen LogP contribution is -2.31. The van der Waals surface area contributed by atoms with Gasteiger partial charge in [-0.15, -0.1) is 0 Å². The van der Waals surface area contributed by atoms with Crippen molar-refractivity contribution in [3.63, 3.8) is 0 Å². The number of anilines is 1. The smallest absolute Gasteiger partial charge is 0.331 e. The summed E-state index contributed by atoms with van der Waals surface area (Å²) in [6.07, 6.45) is 0. The first-order valence-corrected chi connectivity index (χ1v) is 5.31. The van der Waals surface area contributed by atoms with Crippen LogP contribution < -0.4 is 9.64 Å². The van der Waals surface area contributed by atoms with Crippen molar-refractivity contribution in [2.24, 2.45) is 0 Å². The van der Waals surface area contributed by atoms with Gasteiger partial charge in [-0.3, -0.25) is 4.79 Å². The first-order valence-electron chi connectivity index (χ1n) is 5.31. The van der Waals surface area contributed by atoms with Crippen LogP contribution in [0.15, 0.2) is 24.3 Å². The molecule has 0 N–H and O–H groups in total. The number of methoxy groups -OCH3 is 1. The fourth-order valence-corrected chi connectivity index (χ4v) is 1.76. The number of benzene rings is 1. The van der Waals surface area contributed by atoms with Gasteiger partial charge >= 0.3 is 6.03 Å². The predicted molar refractivity (Wildman–Crippen MR) is 63.1 cm³/mol. The van der Waals surface area contributed by atoms with Crippen LogP contribution in [0.1, 0.15) is 6.92 Å². The highest BCUT2D eigenvalue weighted by Gasteiger charge is 2.41. The molecule has 1 atom stereocenters. The third-order valence-electron chi connectivity index (χ3n) is 2.96. The van der Waals surface area contributed by atoms with Gasteiger partial charge < -0.3 is 9.64 Å². The third kappa shape index (κ3) is 1.73. The zero-order chi connectivity index (χ0) is 12.6. The number of likely N-dealkylation sites (N-methyl/N-ethyl adjacent to an activating group) is 1. The van der Waals surface area contributed by atoms with Crippen LogP contribution in [0, 0.1) is 0 Å². The van der Waals surface area contributed by atoms with Crippen LogP contribution >= 0.6 is 0 Å². The summed E-state index contributed by atoms with van der Waals surface area (Å²) in [5.74, 6) is 0.399. The molecule has 1 unspecified atom stereocenters. The van der Waals surface area contributed by atoms with Crippen molar-refractivity contribution in [1.29, 1.82) is 0 Å². The number of ether oxygens (including phenoxy) is 1. The number of hydrogen-bond donors (Lipinski definition) is 0. The lowest BCUT2D eigenvalue weighted by molar-refractivity contribution is -0.119. The standard InChI is InChI=1S/C12H14N2O3/c1-8-11(15)14(12(16)13(8)2)9-5-4-6-10(7-9)17-3/h4-8H,1-3H3. The Balaban J connectivity index is 2.40. The predicted octanol–water partition coefficient (Wildman–Crippen LogP) is 1.48. The minimum atomic E-state index is -0.422. The Morgan fingerprint density at radius 1 is 1.29 bits per heavy atom. The van der Waals surface area contributed by atoms with Crippen molar-refractivity contribution in [3.8, 4) is 5.75 Å². The van der Waals surface area contributed by atoms with Gasteiger partial charge in [-0.05, 0) is 19.1 Å². The molecular weight excluding hydrogens is 220 g/mol. The van der Waals surface area contributed by atoms with Crippen molar-refractivity contribution in [2.45, 2.75) is 13.0 Å². The maximum absolute atomic E-state index is 11.9. The SMILES string of the molecule is COc1cccc(N2C(=O)C(C)N(C)C2=O)c1. The molecule has 3 amide bonds. The Hall–Kier alpha value is -2.04. The summed E-state index contributed by atoms with van der Waals surface area (Å²) >= 11 is 0. The van der Waals surface area contributed by atoms with Gasteiger partial charge in [0.05, 0.1) is 12.8 Å². The number of nitrogens with zero attached hydrogens (tertiary/aromatic N) is 2. The number of imide groups is 1. The van der Waals surface area contributed by atoms with Crippen LogP contribution in [0.4, 0.5) is 10.5 Å². The zero-order valence-electron chi connectivity index (χ0n) is 10.0. The maximum atomic E-state index is 11.9. The zero-order valence-corrected chi connectivity index (χ0v) is 10.0. The topological polar surface area (TPSA) is 49.9 Å². The van der Waals surface area contributed by atoms with E-state index in [0.29, 0.717) is 11.4 Å². The summed E-state index contributed by atoms with van der Waals surface area (Å²) in [4.78, 5) is 26.5. The van der Waals surface area contributed by atoms with Gasteiger partial charge in [-0.1, -0.05) is 6.07 Å². The molecule has 5 heteroatoms. The Bertz CT molecular complexity index is 453. The Labute approximate surface area is 99.6 Å². The van der Waals surface area contributed by atoms with E-state index in [2.05, 4.69) is 0 Å². The van der Waals surface area contributed by atoms with E-state index in [1.807, 2.05) is 0 Å². The van der Waals surface area contributed by atoms with Crippen molar-refractivity contribution in [1.82, 2.24) is 4.90 Å². The van der Waals surface area contributed by atoms with E-state index in [-0.39, 0.29) is 11.9 Å². The second-order valence-corrected chi connectivity index (χ2v) is 3.94. The number of carbonyl (C=O) groups excluding carboxylic acids is 2. The molecule has 1 aromatic rings. The summed E-state index contributed by atoms with van der Waals surface area (Å²) in [6, 6.07) is 6.16. The molecule has 1 aliphatic rings. The van der Waals surface area contributed by atoms with Gasteiger partial charge in [0.1, 0.15) is 11.8 Å². The van der Waals surface area contributed by atoms with Gasteiger partial charge in [0, 0.05) is 13.1 Å². The fourth-order valence-electron chi connectivity index (χ4n) is 1.76. The van der Waals surface area contributed by atoms with Crippen molar-refractivity contribution in [3.05, 3.63) is 24.3 Å². The molecule has 17 heavy (non-hydrogen) atoms. The van der Waals surface area contributed by atoms with E-state index in [1.165, 1.54) is 9.80 Å². The molecule has 1 saturated heterocycles. The molecule has 0 aliphatic carbocycles. The van der Waals surface area contributed by atoms with E-state index in [0.717, 1.165) is 0 Å². The lowest BCUT2D eigenvalue weighted by atomic mass is 10.2. The largest absolute Gasteiger partial charge is 0.497 e. The third-order valence-corrected chi connectivity index (χ3v) is 2.96. The van der Waals surface area contributed by atoms with Gasteiger partial charge in [0.15, 0.2) is 0 Å². The van der Waals surface area contributed by atoms with Crippen molar-refractivity contribution in [2.75, 3.05) is 19.1 Å². The number of carbonyl (C=O) groups is 2. The first-order chi connectivity index (χ1) is 8.06. The maximum Gasteiger partial charge on any atom is 0.331 e. The van der Waals surface area contributed by atoms with Crippen molar-refractivity contribution >= 4 is 17.6 Å². The number of amides is 3. The van der Waals surface area contributed by atoms with Crippen molar-refractivity contribution < 1.29 is 14.3 Å². The highest BCUT2D eigenvalue weighted by atomic mass is 16.5. The average molecular weight is 234 g/mol. The van der Waals surface area contributed by atoms with Gasteiger partial charge in [0.2, 0.25) is 0 Å². The van der Waals surface area contributed by atoms with Gasteiger partial charge in [-0.2, -0.15) is 0 Å². The number of hydrogen-bond acceptors (Lipinski definition) is 3. The van der Waals surface area contributed by atoms with Crippen LogP contribution in [0.2, 0.25) is 0 Å². The normalized spacial score (nSPS) is 20.1. The second-order valence-electron chi connectivity index (χ2n) is 3.94. The molecule has 0 spiro atoms. The van der Waals surface area contributed by atoms with E-state index in [1.54, 1.807) is 45.3 Å². The highest BCUT2D eigenvalue weighted by molar-refractivity contribution is 6.21. The Morgan fingerprint density at radius 3 is 2.53 bits per heavy atom. The molecule has 0 aromatic heterocycles. The minimum Gasteiger partial charge on any atom is -0.497 e. The lowest BCUT2D eigenvalue weighted by Gasteiger charge is -2.14. The molecule has 2 rings (SSSR count). The molecule has 1 aliphatic heterocycles. The first kappa shape index (κ1) is 11.4. The van der Waals surface area contributed by atoms with E-state index in [9.17, 15) is 9.59 Å². The van der Waals surface area contributed by atoms with E-state index in [4.69, 9.17) is 4.74 Å². The Morgan fingerprint density at radius 2 is 2.00 bits per heavy atom. The molecule has 5 nitrogen and oxygen atoms in total.